The summed E-state index contributed by atoms with van der Waals surface area (Å²) in [6.45, 7) is 8.14. The number of hydrogen-bond acceptors (Lipinski definition) is 6. The molecule has 2 aromatic carbocycles. The Morgan fingerprint density at radius 3 is 2.66 bits per heavy atom. The first kappa shape index (κ1) is 26.1. The zero-order valence-electron chi connectivity index (χ0n) is 19.9. The second kappa shape index (κ2) is 11.8. The number of thiazole rings is 1. The number of quaternary nitrogens is 1. The summed E-state index contributed by atoms with van der Waals surface area (Å²) in [4.78, 5) is 20.4. The summed E-state index contributed by atoms with van der Waals surface area (Å²) in [5.74, 6) is 1.29. The summed E-state index contributed by atoms with van der Waals surface area (Å²) in [5, 5.41) is 0.615. The molecule has 0 unspecified atom stereocenters. The van der Waals surface area contributed by atoms with Gasteiger partial charge in [0.15, 0.2) is 14.8 Å². The molecule has 4 rings (SSSR count). The molecule has 1 N–H and O–H groups in total. The first-order valence-electron chi connectivity index (χ1n) is 11.5. The number of aromatic nitrogens is 3. The molecule has 0 aliphatic heterocycles. The minimum atomic E-state index is -0.124. The molecule has 10 heteroatoms. The van der Waals surface area contributed by atoms with E-state index < -0.39 is 0 Å². The van der Waals surface area contributed by atoms with Gasteiger partial charge in [0.25, 0.3) is 5.56 Å². The third kappa shape index (κ3) is 5.72. The molecule has 0 radical (unpaired) electrons. The maximum absolute atomic E-state index is 13.9. The van der Waals surface area contributed by atoms with E-state index in [-0.39, 0.29) is 5.56 Å². The van der Waals surface area contributed by atoms with E-state index in [0.717, 1.165) is 36.2 Å². The van der Waals surface area contributed by atoms with E-state index in [1.165, 1.54) is 28.0 Å². The molecular weight excluding hydrogens is 564 g/mol. The van der Waals surface area contributed by atoms with Gasteiger partial charge in [0, 0.05) is 10.2 Å². The van der Waals surface area contributed by atoms with Gasteiger partial charge in [-0.15, -0.1) is 0 Å². The number of hydrogen-bond donors (Lipinski definition) is 1. The van der Waals surface area contributed by atoms with Crippen LogP contribution in [-0.4, -0.2) is 40.9 Å². The molecule has 6 nitrogen and oxygen atoms in total. The third-order valence-corrected chi connectivity index (χ3v) is 8.86. The van der Waals surface area contributed by atoms with Crippen LogP contribution >= 0.6 is 51.2 Å². The first-order valence-corrected chi connectivity index (χ1v) is 14.5. The maximum Gasteiger partial charge on any atom is 0.278 e. The molecule has 0 aliphatic rings. The Morgan fingerprint density at radius 1 is 1.17 bits per heavy atom. The predicted molar refractivity (Wildman–Crippen MR) is 151 cm³/mol. The van der Waals surface area contributed by atoms with Crippen LogP contribution in [0.1, 0.15) is 19.4 Å². The number of likely N-dealkylation sites (N-methyl/N-ethyl adjacent to an activating group) is 1. The van der Waals surface area contributed by atoms with Crippen molar-refractivity contribution in [2.75, 3.05) is 26.7 Å². The van der Waals surface area contributed by atoms with Crippen LogP contribution in [0, 0.1) is 3.95 Å². The van der Waals surface area contributed by atoms with Crippen LogP contribution in [0.2, 0.25) is 0 Å². The zero-order valence-corrected chi connectivity index (χ0v) is 24.0. The molecule has 0 saturated heterocycles. The van der Waals surface area contributed by atoms with E-state index in [9.17, 15) is 4.79 Å². The quantitative estimate of drug-likeness (QED) is 0.160. The number of nitrogens with zero attached hydrogens (tertiary/aromatic N) is 3. The number of halogens is 1. The summed E-state index contributed by atoms with van der Waals surface area (Å²) in [6.07, 6.45) is 0. The van der Waals surface area contributed by atoms with E-state index in [4.69, 9.17) is 21.9 Å². The van der Waals surface area contributed by atoms with Crippen molar-refractivity contribution < 1.29 is 9.64 Å². The molecule has 0 amide bonds. The number of thioether (sulfide) groups is 1. The topological polar surface area (TPSA) is 53.5 Å². The number of methoxy groups -OCH3 is 1. The molecule has 2 heterocycles. The standard InChI is InChI=1S/C25H27BrN4O2S3/c1-4-28(5-2)13-14-29-22-21(35-25(29)33)23(31)30(19-11-6-7-12-20(19)32-3)24(27-22)34-16-17-9-8-10-18(26)15-17/h6-12,15H,4-5,13-14,16H2,1-3H3/p+1. The Kier molecular flexibility index (Phi) is 8.82. The lowest BCUT2D eigenvalue weighted by Gasteiger charge is -2.17. The van der Waals surface area contributed by atoms with Gasteiger partial charge in [-0.05, 0) is 55.9 Å². The fourth-order valence-corrected chi connectivity index (χ4v) is 6.64. The average Bonchev–Trinajstić information content (AvgIpc) is 3.19. The molecule has 35 heavy (non-hydrogen) atoms. The Morgan fingerprint density at radius 2 is 1.94 bits per heavy atom. The van der Waals surface area contributed by atoms with E-state index in [0.29, 0.717) is 36.6 Å². The fraction of sp³-hybridized carbons (Fsp3) is 0.320. The minimum absolute atomic E-state index is 0.124. The maximum atomic E-state index is 13.9. The monoisotopic (exact) mass is 591 g/mol. The highest BCUT2D eigenvalue weighted by Crippen LogP contribution is 2.30. The van der Waals surface area contributed by atoms with Crippen molar-refractivity contribution in [2.24, 2.45) is 0 Å². The van der Waals surface area contributed by atoms with Crippen LogP contribution in [0.25, 0.3) is 16.0 Å². The van der Waals surface area contributed by atoms with Gasteiger partial charge in [-0.3, -0.25) is 9.36 Å². The summed E-state index contributed by atoms with van der Waals surface area (Å²) >= 11 is 12.1. The number of nitrogens with one attached hydrogen (secondary N) is 1. The summed E-state index contributed by atoms with van der Waals surface area (Å²) in [5.41, 5.74) is 2.35. The van der Waals surface area contributed by atoms with Gasteiger partial charge < -0.3 is 14.2 Å². The normalized spacial score (nSPS) is 11.5. The first-order chi connectivity index (χ1) is 17.0. The van der Waals surface area contributed by atoms with Gasteiger partial charge in [0.2, 0.25) is 0 Å². The van der Waals surface area contributed by atoms with Gasteiger partial charge in [0.05, 0.1) is 39.0 Å². The van der Waals surface area contributed by atoms with Gasteiger partial charge >= 0.3 is 0 Å². The van der Waals surface area contributed by atoms with E-state index in [1.54, 1.807) is 11.7 Å². The van der Waals surface area contributed by atoms with Crippen LogP contribution in [0.15, 0.2) is 63.0 Å². The number of rotatable bonds is 10. The van der Waals surface area contributed by atoms with Crippen molar-refractivity contribution in [3.05, 3.63) is 72.9 Å². The van der Waals surface area contributed by atoms with Crippen LogP contribution in [-0.2, 0) is 12.3 Å². The summed E-state index contributed by atoms with van der Waals surface area (Å²) < 4.78 is 11.5. The molecule has 4 aromatic rings. The Labute approximate surface area is 226 Å². The third-order valence-electron chi connectivity index (χ3n) is 5.93. The van der Waals surface area contributed by atoms with Crippen molar-refractivity contribution in [1.82, 2.24) is 14.1 Å². The van der Waals surface area contributed by atoms with Crippen molar-refractivity contribution in [3.8, 4) is 11.4 Å². The van der Waals surface area contributed by atoms with Gasteiger partial charge in [-0.25, -0.2) is 4.98 Å². The van der Waals surface area contributed by atoms with Crippen molar-refractivity contribution in [3.63, 3.8) is 0 Å². The molecule has 0 saturated carbocycles. The Bertz CT molecular complexity index is 1440. The fourth-order valence-electron chi connectivity index (χ4n) is 3.95. The highest BCUT2D eigenvalue weighted by atomic mass is 79.9. The zero-order chi connectivity index (χ0) is 24.9. The Hall–Kier alpha value is -1.98. The lowest BCUT2D eigenvalue weighted by Crippen LogP contribution is -3.11. The van der Waals surface area contributed by atoms with Crippen LogP contribution in [0.3, 0.4) is 0 Å². The second-order valence-electron chi connectivity index (χ2n) is 8.00. The SMILES string of the molecule is CC[NH+](CC)CCn1c(=S)sc2c(=O)n(-c3ccccc3OC)c(SCc3cccc(Br)c3)nc21. The highest BCUT2D eigenvalue weighted by molar-refractivity contribution is 9.10. The van der Waals surface area contributed by atoms with E-state index in [1.807, 2.05) is 41.0 Å². The Balaban J connectivity index is 1.86. The second-order valence-corrected chi connectivity index (χ2v) is 11.5. The number of benzene rings is 2. The largest absolute Gasteiger partial charge is 0.495 e. The number of ether oxygens (including phenoxy) is 1. The molecule has 0 spiro atoms. The lowest BCUT2D eigenvalue weighted by molar-refractivity contribution is -0.897. The number of fused-ring (bicyclic) bond motifs is 1. The van der Waals surface area contributed by atoms with Crippen LogP contribution in [0.4, 0.5) is 0 Å². The molecule has 0 atom stereocenters. The van der Waals surface area contributed by atoms with E-state index >= 15 is 0 Å². The molecule has 0 bridgehead atoms. The average molecular weight is 593 g/mol. The van der Waals surface area contributed by atoms with Crippen molar-refractivity contribution >= 4 is 61.6 Å². The summed E-state index contributed by atoms with van der Waals surface area (Å²) in [6, 6.07) is 15.7. The smallest absolute Gasteiger partial charge is 0.278 e. The molecule has 0 aliphatic carbocycles. The van der Waals surface area contributed by atoms with Crippen LogP contribution in [0.5, 0.6) is 5.75 Å². The molecule has 2 aromatic heterocycles. The summed E-state index contributed by atoms with van der Waals surface area (Å²) in [7, 11) is 1.61. The number of para-hydroxylation sites is 2. The van der Waals surface area contributed by atoms with Gasteiger partial charge in [-0.2, -0.15) is 0 Å². The van der Waals surface area contributed by atoms with Crippen molar-refractivity contribution in [2.45, 2.75) is 31.3 Å². The predicted octanol–water partition coefficient (Wildman–Crippen LogP) is 4.97. The lowest BCUT2D eigenvalue weighted by atomic mass is 10.2. The van der Waals surface area contributed by atoms with Crippen molar-refractivity contribution in [1.29, 1.82) is 0 Å². The highest BCUT2D eigenvalue weighted by Gasteiger charge is 2.20. The molecular formula is C25H28BrN4O2S3+. The molecule has 184 valence electrons. The molecule has 0 fully saturated rings. The van der Waals surface area contributed by atoms with E-state index in [2.05, 4.69) is 41.9 Å². The van der Waals surface area contributed by atoms with Crippen LogP contribution < -0.4 is 15.2 Å². The minimum Gasteiger partial charge on any atom is -0.495 e. The van der Waals surface area contributed by atoms with Gasteiger partial charge in [-0.1, -0.05) is 63.3 Å². The van der Waals surface area contributed by atoms with Gasteiger partial charge in [0.1, 0.15) is 10.4 Å².